The molecule has 0 aromatic rings. The minimum Gasteiger partial charge on any atom is -0.492 e. The van der Waals surface area contributed by atoms with Gasteiger partial charge in [0.25, 0.3) is 0 Å². The zero-order valence-electron chi connectivity index (χ0n) is 14.6. The Kier molecular flexibility index (Phi) is 34.1. The average Bonchev–Trinajstić information content (AvgIpc) is 2.54. The van der Waals surface area contributed by atoms with Gasteiger partial charge in [0.1, 0.15) is 12.4 Å². The highest BCUT2D eigenvalue weighted by Gasteiger charge is 1.86. The van der Waals surface area contributed by atoms with Gasteiger partial charge in [0.2, 0.25) is 0 Å². The van der Waals surface area contributed by atoms with Crippen molar-refractivity contribution < 1.29 is 22.8 Å². The molecule has 0 atom stereocenters. The van der Waals surface area contributed by atoms with Crippen molar-refractivity contribution in [3.05, 3.63) is 24.5 Å². The maximum Gasteiger partial charge on any atom is 0.112 e. The molecule has 0 spiro atoms. The SMILES string of the molecule is C=C(/C=C\C=NC)OCCOC.COCCOCCN.CSF. The van der Waals surface area contributed by atoms with E-state index in [-0.39, 0.29) is 12.1 Å². The summed E-state index contributed by atoms with van der Waals surface area (Å²) in [6, 6.07) is 0. The molecule has 138 valence electrons. The number of nitrogens with zero attached hydrogens (tertiary/aromatic N) is 1. The number of methoxy groups -OCH3 is 2. The molecule has 8 heteroatoms. The number of allylic oxidation sites excluding steroid dienone is 2. The summed E-state index contributed by atoms with van der Waals surface area (Å²) in [5.41, 5.74) is 5.14. The number of aliphatic imine (C=N–C) groups is 1. The molecule has 0 aliphatic heterocycles. The predicted octanol–water partition coefficient (Wildman–Crippen LogP) is 2.26. The smallest absolute Gasteiger partial charge is 0.112 e. The molecular formula is C15H31FN2O4S. The molecular weight excluding hydrogens is 323 g/mol. The van der Waals surface area contributed by atoms with Gasteiger partial charge in [0, 0.05) is 52.4 Å². The Morgan fingerprint density at radius 3 is 2.22 bits per heavy atom. The largest absolute Gasteiger partial charge is 0.492 e. The third-order valence-corrected chi connectivity index (χ3v) is 1.79. The molecule has 0 fully saturated rings. The molecule has 0 unspecified atom stereocenters. The minimum atomic E-state index is 0.250. The van der Waals surface area contributed by atoms with Gasteiger partial charge in [0.15, 0.2) is 0 Å². The second kappa shape index (κ2) is 29.1. The summed E-state index contributed by atoms with van der Waals surface area (Å²) in [4.78, 5) is 3.77. The number of halogens is 1. The molecule has 0 radical (unpaired) electrons. The number of nitrogens with two attached hydrogens (primary N) is 1. The first-order chi connectivity index (χ1) is 11.1. The Hall–Kier alpha value is -0.930. The van der Waals surface area contributed by atoms with Crippen LogP contribution in [0.2, 0.25) is 0 Å². The van der Waals surface area contributed by atoms with Crippen molar-refractivity contribution in [3.63, 3.8) is 0 Å². The molecule has 0 amide bonds. The van der Waals surface area contributed by atoms with E-state index in [2.05, 4.69) is 11.6 Å². The van der Waals surface area contributed by atoms with Crippen molar-refractivity contribution in [1.29, 1.82) is 0 Å². The summed E-state index contributed by atoms with van der Waals surface area (Å²) in [6.45, 7) is 7.30. The van der Waals surface area contributed by atoms with Crippen LogP contribution in [0.25, 0.3) is 0 Å². The van der Waals surface area contributed by atoms with Gasteiger partial charge >= 0.3 is 0 Å². The predicted molar refractivity (Wildman–Crippen MR) is 96.9 cm³/mol. The lowest BCUT2D eigenvalue weighted by atomic mass is 10.4. The summed E-state index contributed by atoms with van der Waals surface area (Å²) in [5.74, 6) is 0.618. The van der Waals surface area contributed by atoms with E-state index in [0.29, 0.717) is 45.3 Å². The third-order valence-electron chi connectivity index (χ3n) is 1.79. The van der Waals surface area contributed by atoms with Crippen molar-refractivity contribution in [3.8, 4) is 0 Å². The van der Waals surface area contributed by atoms with E-state index >= 15 is 0 Å². The van der Waals surface area contributed by atoms with E-state index in [0.717, 1.165) is 0 Å². The molecule has 0 aromatic heterocycles. The summed E-state index contributed by atoms with van der Waals surface area (Å²) < 4.78 is 29.9. The van der Waals surface area contributed by atoms with Crippen molar-refractivity contribution in [1.82, 2.24) is 0 Å². The Morgan fingerprint density at radius 1 is 1.17 bits per heavy atom. The monoisotopic (exact) mass is 354 g/mol. The fourth-order valence-electron chi connectivity index (χ4n) is 0.868. The standard InChI is InChI=1S/C9H15NO2.C5H13NO2.CH3FS/c1-9(5-4-6-10-2)12-8-7-11-3;1-7-4-5-8-3-2-6;1-3-2/h4-6H,1,7-8H2,2-3H3;2-6H2,1H3;1H3/b5-4-,10-6?;;. The first-order valence-corrected chi connectivity index (χ1v) is 8.07. The van der Waals surface area contributed by atoms with Crippen LogP contribution in [0.4, 0.5) is 3.89 Å². The Labute approximate surface area is 144 Å². The number of ether oxygens (including phenoxy) is 4. The van der Waals surface area contributed by atoms with E-state index in [1.54, 1.807) is 39.6 Å². The quantitative estimate of drug-likeness (QED) is 0.265. The van der Waals surface area contributed by atoms with Crippen molar-refractivity contribution in [2.24, 2.45) is 10.7 Å². The van der Waals surface area contributed by atoms with Gasteiger partial charge in [-0.1, -0.05) is 6.58 Å². The average molecular weight is 354 g/mol. The lowest BCUT2D eigenvalue weighted by molar-refractivity contribution is 0.0747. The van der Waals surface area contributed by atoms with Crippen molar-refractivity contribution >= 4 is 18.4 Å². The van der Waals surface area contributed by atoms with Crippen LogP contribution in [-0.2, 0) is 18.9 Å². The molecule has 0 bridgehead atoms. The van der Waals surface area contributed by atoms with E-state index in [4.69, 9.17) is 24.7 Å². The normalized spacial score (nSPS) is 10.0. The zero-order chi connectivity index (χ0) is 18.2. The van der Waals surface area contributed by atoms with Gasteiger partial charge in [-0.15, -0.1) is 0 Å². The summed E-state index contributed by atoms with van der Waals surface area (Å²) in [5, 5.41) is 0. The Morgan fingerprint density at radius 2 is 1.74 bits per heavy atom. The number of hydrogen-bond donors (Lipinski definition) is 1. The third kappa shape index (κ3) is 38.7. The maximum absolute atomic E-state index is 10.2. The molecule has 0 aromatic carbocycles. The molecule has 0 rings (SSSR count). The molecule has 0 aliphatic carbocycles. The number of hydrogen-bond acceptors (Lipinski definition) is 7. The molecule has 0 saturated carbocycles. The highest BCUT2D eigenvalue weighted by molar-refractivity contribution is 7.93. The lowest BCUT2D eigenvalue weighted by Crippen LogP contribution is -2.11. The van der Waals surface area contributed by atoms with Gasteiger partial charge in [-0.2, -0.15) is 3.89 Å². The molecule has 23 heavy (non-hydrogen) atoms. The topological polar surface area (TPSA) is 75.3 Å². The van der Waals surface area contributed by atoms with Crippen LogP contribution in [0.3, 0.4) is 0 Å². The Bertz CT molecular complexity index is 274. The summed E-state index contributed by atoms with van der Waals surface area (Å²) in [7, 11) is 4.98. The van der Waals surface area contributed by atoms with Crippen LogP contribution in [0, 0.1) is 0 Å². The Balaban J connectivity index is -0.000000313. The van der Waals surface area contributed by atoms with E-state index < -0.39 is 0 Å². The van der Waals surface area contributed by atoms with E-state index in [1.165, 1.54) is 6.26 Å². The molecule has 0 saturated heterocycles. The first kappa shape index (κ1) is 26.9. The fourth-order valence-corrected chi connectivity index (χ4v) is 0.868. The van der Waals surface area contributed by atoms with Crippen LogP contribution in [0.1, 0.15) is 0 Å². The summed E-state index contributed by atoms with van der Waals surface area (Å²) in [6.07, 6.45) is 6.57. The maximum atomic E-state index is 10.2. The van der Waals surface area contributed by atoms with Crippen LogP contribution in [0.5, 0.6) is 0 Å². The van der Waals surface area contributed by atoms with Crippen LogP contribution in [-0.4, -0.2) is 73.3 Å². The van der Waals surface area contributed by atoms with Gasteiger partial charge in [0.05, 0.1) is 26.4 Å². The number of rotatable bonds is 11. The molecule has 6 nitrogen and oxygen atoms in total. The van der Waals surface area contributed by atoms with E-state index in [1.807, 2.05) is 0 Å². The van der Waals surface area contributed by atoms with Gasteiger partial charge in [-0.05, 0) is 12.2 Å². The lowest BCUT2D eigenvalue weighted by Gasteiger charge is -2.02. The second-order valence-electron chi connectivity index (χ2n) is 3.62. The van der Waals surface area contributed by atoms with Gasteiger partial charge in [-0.25, -0.2) is 0 Å². The molecule has 0 aliphatic rings. The fraction of sp³-hybridized carbons (Fsp3) is 0.667. The van der Waals surface area contributed by atoms with Crippen molar-refractivity contribution in [2.75, 3.05) is 67.1 Å². The van der Waals surface area contributed by atoms with Crippen molar-refractivity contribution in [2.45, 2.75) is 0 Å². The highest BCUT2D eigenvalue weighted by Crippen LogP contribution is 1.94. The van der Waals surface area contributed by atoms with Crippen LogP contribution in [0.15, 0.2) is 29.5 Å². The van der Waals surface area contributed by atoms with E-state index in [9.17, 15) is 3.89 Å². The molecule has 0 heterocycles. The zero-order valence-corrected chi connectivity index (χ0v) is 15.4. The van der Waals surface area contributed by atoms with Gasteiger partial charge < -0.3 is 24.7 Å². The summed E-state index contributed by atoms with van der Waals surface area (Å²) >= 11 is 0.250. The van der Waals surface area contributed by atoms with Gasteiger partial charge in [-0.3, -0.25) is 4.99 Å². The van der Waals surface area contributed by atoms with Crippen LogP contribution >= 0.6 is 12.1 Å². The highest BCUT2D eigenvalue weighted by atomic mass is 32.2. The molecule has 2 N–H and O–H groups in total. The first-order valence-electron chi connectivity index (χ1n) is 6.95. The minimum absolute atomic E-state index is 0.250. The second-order valence-corrected chi connectivity index (χ2v) is 3.93. The van der Waals surface area contributed by atoms with Crippen LogP contribution < -0.4 is 5.73 Å².